The zero-order valence-corrected chi connectivity index (χ0v) is 8.02. The molecular formula is C10H14O2. The fourth-order valence-electron chi connectivity index (χ4n) is 2.27. The molecule has 0 aromatic heterocycles. The Hall–Kier alpha value is -0.630. The van der Waals surface area contributed by atoms with Crippen molar-refractivity contribution in [3.8, 4) is 0 Å². The average Bonchev–Trinajstić information content (AvgIpc) is 2.29. The minimum Gasteiger partial charge on any atom is -0.352 e. The normalized spacial score (nSPS) is 46.2. The molecule has 0 aliphatic carbocycles. The minimum absolute atomic E-state index is 0.230. The highest BCUT2D eigenvalue weighted by Gasteiger charge is 2.58. The molecule has 0 amide bonds. The fraction of sp³-hybridized carbons (Fsp3) is 0.700. The van der Waals surface area contributed by atoms with Gasteiger partial charge in [-0.2, -0.15) is 0 Å². The molecule has 0 saturated carbocycles. The van der Waals surface area contributed by atoms with E-state index < -0.39 is 5.60 Å². The topological polar surface area (TPSA) is 26.3 Å². The third-order valence-electron chi connectivity index (χ3n) is 3.53. The van der Waals surface area contributed by atoms with Crippen LogP contribution in [0.4, 0.5) is 0 Å². The lowest BCUT2D eigenvalue weighted by molar-refractivity contribution is -0.127. The van der Waals surface area contributed by atoms with E-state index in [2.05, 4.69) is 6.92 Å². The number of Topliss-reactive ketones (excluding diaryl/α,β-unsaturated/α-hetero) is 1. The standard InChI is InChI=1S/C10H14O2/c1-6-7(2)10(4)8(11)5-9(6,3)12-10/h5H2,1-4H3. The molecule has 0 spiro atoms. The number of hydrogen-bond donors (Lipinski definition) is 0. The van der Waals surface area contributed by atoms with Gasteiger partial charge in [-0.25, -0.2) is 0 Å². The maximum absolute atomic E-state index is 11.6. The van der Waals surface area contributed by atoms with Gasteiger partial charge in [0.1, 0.15) is 5.60 Å². The average molecular weight is 166 g/mol. The predicted octanol–water partition coefficient (Wildman–Crippen LogP) is 1.84. The van der Waals surface area contributed by atoms with Gasteiger partial charge in [-0.15, -0.1) is 0 Å². The highest BCUT2D eigenvalue weighted by Crippen LogP contribution is 2.51. The molecule has 2 atom stereocenters. The molecule has 66 valence electrons. The molecule has 0 radical (unpaired) electrons. The molecule has 2 heteroatoms. The van der Waals surface area contributed by atoms with Crippen LogP contribution in [0.25, 0.3) is 0 Å². The molecule has 1 fully saturated rings. The molecule has 2 aliphatic heterocycles. The van der Waals surface area contributed by atoms with Gasteiger partial charge in [0.25, 0.3) is 0 Å². The number of rotatable bonds is 0. The van der Waals surface area contributed by atoms with Gasteiger partial charge in [0, 0.05) is 6.42 Å². The van der Waals surface area contributed by atoms with Gasteiger partial charge in [-0.05, 0) is 38.8 Å². The molecule has 2 rings (SSSR count). The van der Waals surface area contributed by atoms with E-state index in [1.54, 1.807) is 0 Å². The van der Waals surface area contributed by atoms with Gasteiger partial charge in [-0.3, -0.25) is 4.79 Å². The number of ether oxygens (including phenoxy) is 1. The van der Waals surface area contributed by atoms with Crippen LogP contribution in [-0.4, -0.2) is 17.0 Å². The third kappa shape index (κ3) is 0.626. The summed E-state index contributed by atoms with van der Waals surface area (Å²) in [7, 11) is 0. The molecule has 2 aliphatic rings. The summed E-state index contributed by atoms with van der Waals surface area (Å²) in [6.07, 6.45) is 0.548. The van der Waals surface area contributed by atoms with Crippen LogP contribution in [-0.2, 0) is 9.53 Å². The largest absolute Gasteiger partial charge is 0.352 e. The van der Waals surface area contributed by atoms with Crippen molar-refractivity contribution in [2.75, 3.05) is 0 Å². The summed E-state index contributed by atoms with van der Waals surface area (Å²) < 4.78 is 5.76. The van der Waals surface area contributed by atoms with Crippen LogP contribution < -0.4 is 0 Å². The highest BCUT2D eigenvalue weighted by molar-refractivity contribution is 5.95. The van der Waals surface area contributed by atoms with Crippen molar-refractivity contribution in [2.24, 2.45) is 0 Å². The van der Waals surface area contributed by atoms with Crippen LogP contribution in [0.3, 0.4) is 0 Å². The van der Waals surface area contributed by atoms with Crippen molar-refractivity contribution in [1.82, 2.24) is 0 Å². The number of fused-ring (bicyclic) bond motifs is 2. The molecule has 1 saturated heterocycles. The van der Waals surface area contributed by atoms with Crippen molar-refractivity contribution in [3.63, 3.8) is 0 Å². The summed E-state index contributed by atoms with van der Waals surface area (Å²) in [5, 5.41) is 0. The highest BCUT2D eigenvalue weighted by atomic mass is 16.5. The smallest absolute Gasteiger partial charge is 0.171 e. The monoisotopic (exact) mass is 166 g/mol. The van der Waals surface area contributed by atoms with Gasteiger partial charge in [0.15, 0.2) is 5.78 Å². The quantitative estimate of drug-likeness (QED) is 0.513. The molecule has 2 nitrogen and oxygen atoms in total. The van der Waals surface area contributed by atoms with Crippen molar-refractivity contribution in [3.05, 3.63) is 11.1 Å². The molecule has 2 heterocycles. The van der Waals surface area contributed by atoms with Crippen LogP contribution in [0.15, 0.2) is 11.1 Å². The zero-order valence-electron chi connectivity index (χ0n) is 8.02. The lowest BCUT2D eigenvalue weighted by atomic mass is 9.79. The fourth-order valence-corrected chi connectivity index (χ4v) is 2.27. The van der Waals surface area contributed by atoms with Crippen LogP contribution in [0, 0.1) is 0 Å². The molecule has 2 bridgehead atoms. The first-order valence-corrected chi connectivity index (χ1v) is 4.32. The van der Waals surface area contributed by atoms with Crippen LogP contribution >= 0.6 is 0 Å². The third-order valence-corrected chi connectivity index (χ3v) is 3.53. The van der Waals surface area contributed by atoms with Gasteiger partial charge in [0.05, 0.1) is 5.60 Å². The van der Waals surface area contributed by atoms with E-state index in [1.165, 1.54) is 5.57 Å². The Kier molecular flexibility index (Phi) is 1.21. The summed E-state index contributed by atoms with van der Waals surface area (Å²) in [6, 6.07) is 0. The Morgan fingerprint density at radius 1 is 1.25 bits per heavy atom. The maximum atomic E-state index is 11.6. The second-order valence-electron chi connectivity index (χ2n) is 4.22. The first kappa shape index (κ1) is 7.99. The maximum Gasteiger partial charge on any atom is 0.171 e. The number of carbonyl (C=O) groups is 1. The lowest BCUT2D eigenvalue weighted by Crippen LogP contribution is -2.32. The van der Waals surface area contributed by atoms with E-state index in [4.69, 9.17) is 4.74 Å². The predicted molar refractivity (Wildman–Crippen MR) is 45.9 cm³/mol. The molecular weight excluding hydrogens is 152 g/mol. The Morgan fingerprint density at radius 2 is 1.83 bits per heavy atom. The van der Waals surface area contributed by atoms with Gasteiger partial charge < -0.3 is 4.74 Å². The first-order valence-electron chi connectivity index (χ1n) is 4.32. The molecule has 0 aromatic rings. The van der Waals surface area contributed by atoms with E-state index in [1.807, 2.05) is 20.8 Å². The second kappa shape index (κ2) is 1.82. The molecule has 0 aromatic carbocycles. The van der Waals surface area contributed by atoms with E-state index in [9.17, 15) is 4.79 Å². The van der Waals surface area contributed by atoms with E-state index >= 15 is 0 Å². The van der Waals surface area contributed by atoms with E-state index in [0.717, 1.165) is 5.57 Å². The van der Waals surface area contributed by atoms with Crippen LogP contribution in [0.1, 0.15) is 34.1 Å². The molecule has 12 heavy (non-hydrogen) atoms. The van der Waals surface area contributed by atoms with Gasteiger partial charge >= 0.3 is 0 Å². The molecule has 0 N–H and O–H groups in total. The first-order chi connectivity index (χ1) is 5.40. The van der Waals surface area contributed by atoms with Crippen molar-refractivity contribution in [1.29, 1.82) is 0 Å². The Labute approximate surface area is 72.6 Å². The van der Waals surface area contributed by atoms with Crippen molar-refractivity contribution in [2.45, 2.75) is 45.3 Å². The van der Waals surface area contributed by atoms with E-state index in [-0.39, 0.29) is 11.4 Å². The van der Waals surface area contributed by atoms with Crippen LogP contribution in [0.2, 0.25) is 0 Å². The Morgan fingerprint density at radius 3 is 2.17 bits per heavy atom. The summed E-state index contributed by atoms with van der Waals surface area (Å²) in [4.78, 5) is 11.6. The minimum atomic E-state index is -0.598. The second-order valence-corrected chi connectivity index (χ2v) is 4.22. The van der Waals surface area contributed by atoms with Crippen LogP contribution in [0.5, 0.6) is 0 Å². The summed E-state index contributed by atoms with van der Waals surface area (Å²) in [5.74, 6) is 0.230. The number of ketones is 1. The summed E-state index contributed by atoms with van der Waals surface area (Å²) >= 11 is 0. The summed E-state index contributed by atoms with van der Waals surface area (Å²) in [6.45, 7) is 7.94. The Bertz CT molecular complexity index is 303. The van der Waals surface area contributed by atoms with E-state index in [0.29, 0.717) is 6.42 Å². The number of hydrogen-bond acceptors (Lipinski definition) is 2. The van der Waals surface area contributed by atoms with Crippen molar-refractivity contribution >= 4 is 5.78 Å². The van der Waals surface area contributed by atoms with Gasteiger partial charge in [-0.1, -0.05) is 0 Å². The van der Waals surface area contributed by atoms with Gasteiger partial charge in [0.2, 0.25) is 0 Å². The lowest BCUT2D eigenvalue weighted by Gasteiger charge is -2.20. The van der Waals surface area contributed by atoms with Crippen molar-refractivity contribution < 1.29 is 9.53 Å². The summed E-state index contributed by atoms with van der Waals surface area (Å²) in [5.41, 5.74) is 1.46. The Balaban J connectivity index is 2.61. The number of carbonyl (C=O) groups excluding carboxylic acids is 1. The zero-order chi connectivity index (χ0) is 9.15. The SMILES string of the molecule is CC1=C(C)C2(C)OC1(C)CC2=O. The molecule has 2 unspecified atom stereocenters.